The van der Waals surface area contributed by atoms with Crippen molar-refractivity contribution in [2.24, 2.45) is 0 Å². The molecule has 0 aliphatic rings. The molecule has 0 aliphatic carbocycles. The van der Waals surface area contributed by atoms with Crippen LogP contribution in [0.1, 0.15) is 5.56 Å². The number of hydrogen-bond acceptors (Lipinski definition) is 2. The third-order valence-corrected chi connectivity index (χ3v) is 4.38. The molecule has 3 rings (SSSR count). The summed E-state index contributed by atoms with van der Waals surface area (Å²) in [5.41, 5.74) is 3.80. The van der Waals surface area contributed by atoms with E-state index in [0.717, 1.165) is 3.82 Å². The van der Waals surface area contributed by atoms with E-state index in [-0.39, 0.29) is 0 Å². The van der Waals surface area contributed by atoms with Crippen molar-refractivity contribution in [3.63, 3.8) is 0 Å². The molecular formula is C16H12S2. The Labute approximate surface area is 116 Å². The van der Waals surface area contributed by atoms with Gasteiger partial charge in [0.1, 0.15) is 0 Å². The van der Waals surface area contributed by atoms with Gasteiger partial charge in [-0.05, 0) is 23.4 Å². The van der Waals surface area contributed by atoms with Crippen LogP contribution in [0.4, 0.5) is 0 Å². The maximum Gasteiger partial charge on any atom is 0.0978 e. The average molecular weight is 268 g/mol. The van der Waals surface area contributed by atoms with E-state index in [1.54, 1.807) is 11.3 Å². The largest absolute Gasteiger partial charge is 0.131 e. The zero-order chi connectivity index (χ0) is 12.5. The Morgan fingerprint density at radius 3 is 2.28 bits per heavy atom. The van der Waals surface area contributed by atoms with E-state index in [1.807, 2.05) is 6.07 Å². The van der Waals surface area contributed by atoms with E-state index in [4.69, 9.17) is 12.2 Å². The van der Waals surface area contributed by atoms with Gasteiger partial charge in [-0.1, -0.05) is 66.3 Å². The van der Waals surface area contributed by atoms with Crippen LogP contribution in [0.2, 0.25) is 0 Å². The van der Waals surface area contributed by atoms with E-state index in [2.05, 4.69) is 54.8 Å². The van der Waals surface area contributed by atoms with Gasteiger partial charge in [-0.25, -0.2) is 0 Å². The van der Waals surface area contributed by atoms with Gasteiger partial charge < -0.3 is 0 Å². The summed E-state index contributed by atoms with van der Waals surface area (Å²) >= 11 is 7.04. The summed E-state index contributed by atoms with van der Waals surface area (Å²) in [7, 11) is 0. The molecule has 0 bridgehead atoms. The molecule has 0 nitrogen and oxygen atoms in total. The smallest absolute Gasteiger partial charge is 0.0978 e. The molecule has 0 N–H and O–H groups in total. The molecule has 88 valence electrons. The van der Waals surface area contributed by atoms with Gasteiger partial charge in [0.25, 0.3) is 0 Å². The summed E-state index contributed by atoms with van der Waals surface area (Å²) in [6, 6.07) is 17.0. The molecule has 0 radical (unpaired) electrons. The van der Waals surface area contributed by atoms with Crippen LogP contribution in [0, 0.1) is 10.7 Å². The number of aryl methyl sites for hydroxylation is 1. The average Bonchev–Trinajstić information content (AvgIpc) is 2.41. The van der Waals surface area contributed by atoms with Crippen molar-refractivity contribution in [2.45, 2.75) is 6.92 Å². The quantitative estimate of drug-likeness (QED) is 0.517. The standard InChI is InChI=1S/C16H12S2/c1-11-6-8-12(9-7-11)15-10-18-16(17)14-5-3-2-4-13(14)15/h2-10H,1H3. The van der Waals surface area contributed by atoms with Crippen LogP contribution < -0.4 is 0 Å². The van der Waals surface area contributed by atoms with Crippen molar-refractivity contribution in [1.82, 2.24) is 0 Å². The fourth-order valence-electron chi connectivity index (χ4n) is 2.09. The molecule has 0 amide bonds. The highest BCUT2D eigenvalue weighted by Crippen LogP contribution is 2.31. The number of fused-ring (bicyclic) bond motifs is 1. The number of rotatable bonds is 1. The number of hydrogen-bond donors (Lipinski definition) is 0. The van der Waals surface area contributed by atoms with Gasteiger partial charge in [0.2, 0.25) is 0 Å². The fraction of sp³-hybridized carbons (Fsp3) is 0.0625. The van der Waals surface area contributed by atoms with E-state index in [0.29, 0.717) is 0 Å². The molecule has 0 unspecified atom stereocenters. The molecule has 0 spiro atoms. The van der Waals surface area contributed by atoms with Crippen molar-refractivity contribution in [3.05, 3.63) is 63.3 Å². The van der Waals surface area contributed by atoms with Crippen LogP contribution >= 0.6 is 23.6 Å². The van der Waals surface area contributed by atoms with Gasteiger partial charge in [-0.3, -0.25) is 0 Å². The maximum atomic E-state index is 5.40. The second kappa shape index (κ2) is 4.63. The molecule has 3 aromatic rings. The molecule has 0 saturated heterocycles. The SMILES string of the molecule is Cc1ccc(-c2csc(=S)c3ccccc23)cc1. The monoisotopic (exact) mass is 268 g/mol. The van der Waals surface area contributed by atoms with Crippen molar-refractivity contribution in [3.8, 4) is 11.1 Å². The molecule has 18 heavy (non-hydrogen) atoms. The molecule has 1 heterocycles. The minimum atomic E-state index is 0.960. The van der Waals surface area contributed by atoms with Crippen molar-refractivity contribution < 1.29 is 0 Å². The van der Waals surface area contributed by atoms with Crippen molar-refractivity contribution >= 4 is 34.3 Å². The molecule has 0 saturated carbocycles. The van der Waals surface area contributed by atoms with Crippen LogP contribution in [-0.2, 0) is 0 Å². The lowest BCUT2D eigenvalue weighted by Gasteiger charge is -2.06. The first-order chi connectivity index (χ1) is 8.75. The normalized spacial score (nSPS) is 10.7. The van der Waals surface area contributed by atoms with Crippen LogP contribution in [0.25, 0.3) is 21.9 Å². The highest BCUT2D eigenvalue weighted by atomic mass is 32.1. The Hall–Kier alpha value is -1.51. The van der Waals surface area contributed by atoms with Crippen LogP contribution in [0.3, 0.4) is 0 Å². The summed E-state index contributed by atoms with van der Waals surface area (Å²) in [5.74, 6) is 0. The van der Waals surface area contributed by atoms with Gasteiger partial charge in [0, 0.05) is 10.8 Å². The lowest BCUT2D eigenvalue weighted by Crippen LogP contribution is -1.81. The Balaban J connectivity index is 2.33. The van der Waals surface area contributed by atoms with E-state index >= 15 is 0 Å². The lowest BCUT2D eigenvalue weighted by molar-refractivity contribution is 1.47. The predicted octanol–water partition coefficient (Wildman–Crippen LogP) is 5.61. The second-order valence-electron chi connectivity index (χ2n) is 4.35. The Kier molecular flexibility index (Phi) is 2.98. The molecule has 2 aromatic carbocycles. The third-order valence-electron chi connectivity index (χ3n) is 3.08. The Bertz CT molecular complexity index is 752. The van der Waals surface area contributed by atoms with Crippen LogP contribution in [0.5, 0.6) is 0 Å². The van der Waals surface area contributed by atoms with E-state index in [1.165, 1.54) is 27.5 Å². The van der Waals surface area contributed by atoms with Crippen LogP contribution in [0.15, 0.2) is 53.9 Å². The van der Waals surface area contributed by atoms with Gasteiger partial charge in [0.05, 0.1) is 3.82 Å². The van der Waals surface area contributed by atoms with Gasteiger partial charge >= 0.3 is 0 Å². The topological polar surface area (TPSA) is 0 Å². The molecule has 2 heteroatoms. The third kappa shape index (κ3) is 1.98. The molecule has 0 atom stereocenters. The van der Waals surface area contributed by atoms with E-state index < -0.39 is 0 Å². The first kappa shape index (κ1) is 11.6. The lowest BCUT2D eigenvalue weighted by atomic mass is 10.0. The van der Waals surface area contributed by atoms with Crippen molar-refractivity contribution in [2.75, 3.05) is 0 Å². The summed E-state index contributed by atoms with van der Waals surface area (Å²) in [4.78, 5) is 0. The second-order valence-corrected chi connectivity index (χ2v) is 5.89. The zero-order valence-electron chi connectivity index (χ0n) is 10.0. The molecular weight excluding hydrogens is 256 g/mol. The summed E-state index contributed by atoms with van der Waals surface area (Å²) < 4.78 is 0.960. The Morgan fingerprint density at radius 1 is 0.889 bits per heavy atom. The van der Waals surface area contributed by atoms with Gasteiger partial charge in [-0.15, -0.1) is 11.3 Å². The van der Waals surface area contributed by atoms with E-state index in [9.17, 15) is 0 Å². The highest BCUT2D eigenvalue weighted by Gasteiger charge is 2.04. The Morgan fingerprint density at radius 2 is 1.56 bits per heavy atom. The summed E-state index contributed by atoms with van der Waals surface area (Å²) in [5, 5.41) is 4.58. The zero-order valence-corrected chi connectivity index (χ0v) is 11.6. The maximum absolute atomic E-state index is 5.40. The van der Waals surface area contributed by atoms with Crippen LogP contribution in [-0.4, -0.2) is 0 Å². The number of benzene rings is 2. The minimum Gasteiger partial charge on any atom is -0.131 e. The van der Waals surface area contributed by atoms with Gasteiger partial charge in [0.15, 0.2) is 0 Å². The summed E-state index contributed by atoms with van der Waals surface area (Å²) in [6.07, 6.45) is 0. The highest BCUT2D eigenvalue weighted by molar-refractivity contribution is 7.73. The first-order valence-electron chi connectivity index (χ1n) is 5.83. The predicted molar refractivity (Wildman–Crippen MR) is 82.8 cm³/mol. The van der Waals surface area contributed by atoms with Crippen molar-refractivity contribution in [1.29, 1.82) is 0 Å². The first-order valence-corrected chi connectivity index (χ1v) is 7.12. The summed E-state index contributed by atoms with van der Waals surface area (Å²) in [6.45, 7) is 2.11. The minimum absolute atomic E-state index is 0.960. The fourth-order valence-corrected chi connectivity index (χ4v) is 3.21. The molecule has 1 aromatic heterocycles. The molecule has 0 fully saturated rings. The molecule has 0 aliphatic heterocycles. The van der Waals surface area contributed by atoms with Gasteiger partial charge in [-0.2, -0.15) is 0 Å².